The van der Waals surface area contributed by atoms with Gasteiger partial charge in [-0.25, -0.2) is 4.79 Å². The van der Waals surface area contributed by atoms with Crippen LogP contribution in [0.1, 0.15) is 59.8 Å². The molecule has 30 heavy (non-hydrogen) atoms. The number of guanidine groups is 1. The van der Waals surface area contributed by atoms with Crippen LogP contribution in [0.4, 0.5) is 4.79 Å². The van der Waals surface area contributed by atoms with Crippen molar-refractivity contribution < 1.29 is 9.53 Å². The quantitative estimate of drug-likeness (QED) is 0.319. The molecule has 0 aromatic carbocycles. The Morgan fingerprint density at radius 2 is 1.90 bits per heavy atom. The number of carbonyl (C=O) groups excluding carboxylic acids is 1. The third-order valence-corrected chi connectivity index (χ3v) is 5.95. The molecule has 1 N–H and O–H groups in total. The van der Waals surface area contributed by atoms with Gasteiger partial charge in [0.1, 0.15) is 5.60 Å². The molecule has 1 amide bonds. The van der Waals surface area contributed by atoms with Crippen LogP contribution in [0.3, 0.4) is 0 Å². The van der Waals surface area contributed by atoms with Crippen LogP contribution in [0.15, 0.2) is 4.99 Å². The van der Waals surface area contributed by atoms with Crippen LogP contribution < -0.4 is 5.32 Å². The van der Waals surface area contributed by atoms with Gasteiger partial charge in [-0.3, -0.25) is 4.99 Å². The van der Waals surface area contributed by atoms with Crippen LogP contribution in [0.2, 0.25) is 0 Å². The first kappa shape index (κ1) is 27.3. The number of nitrogens with one attached hydrogen (secondary N) is 1. The van der Waals surface area contributed by atoms with Crippen molar-refractivity contribution >= 4 is 36.0 Å². The molecular weight excluding hydrogens is 493 g/mol. The van der Waals surface area contributed by atoms with Crippen LogP contribution >= 0.6 is 24.0 Å². The lowest BCUT2D eigenvalue weighted by atomic mass is 10.1. The molecule has 0 spiro atoms. The van der Waals surface area contributed by atoms with E-state index in [1.54, 1.807) is 11.9 Å². The molecule has 0 aromatic rings. The van der Waals surface area contributed by atoms with E-state index in [2.05, 4.69) is 27.0 Å². The van der Waals surface area contributed by atoms with E-state index in [1.807, 2.05) is 27.8 Å². The van der Waals surface area contributed by atoms with Gasteiger partial charge in [0.15, 0.2) is 5.96 Å². The van der Waals surface area contributed by atoms with Gasteiger partial charge in [-0.15, -0.1) is 24.0 Å². The number of hydrogen-bond donors (Lipinski definition) is 1. The average molecular weight is 538 g/mol. The third-order valence-electron chi connectivity index (χ3n) is 5.95. The van der Waals surface area contributed by atoms with E-state index in [-0.39, 0.29) is 36.1 Å². The maximum absolute atomic E-state index is 12.2. The molecule has 0 bridgehead atoms. The molecule has 2 atom stereocenters. The smallest absolute Gasteiger partial charge is 0.410 e. The normalized spacial score (nSPS) is 21.7. The Morgan fingerprint density at radius 1 is 1.23 bits per heavy atom. The van der Waals surface area contributed by atoms with Crippen molar-refractivity contribution in [3.05, 3.63) is 0 Å². The monoisotopic (exact) mass is 537 g/mol. The zero-order valence-corrected chi connectivity index (χ0v) is 22.3. The Morgan fingerprint density at radius 3 is 2.50 bits per heavy atom. The van der Waals surface area contributed by atoms with Gasteiger partial charge in [0.2, 0.25) is 0 Å². The average Bonchev–Trinajstić information content (AvgIpc) is 3.12. The molecule has 8 heteroatoms. The van der Waals surface area contributed by atoms with Gasteiger partial charge >= 0.3 is 6.09 Å². The van der Waals surface area contributed by atoms with Gasteiger partial charge in [0.25, 0.3) is 0 Å². The molecule has 0 aliphatic carbocycles. The maximum Gasteiger partial charge on any atom is 0.410 e. The van der Waals surface area contributed by atoms with Gasteiger partial charge in [-0.2, -0.15) is 0 Å². The third kappa shape index (κ3) is 9.16. The van der Waals surface area contributed by atoms with Crippen molar-refractivity contribution in [1.82, 2.24) is 20.0 Å². The van der Waals surface area contributed by atoms with E-state index in [4.69, 9.17) is 4.74 Å². The summed E-state index contributed by atoms with van der Waals surface area (Å²) in [5.74, 6) is 1.72. The van der Waals surface area contributed by atoms with Crippen LogP contribution in [-0.4, -0.2) is 91.8 Å². The number of amides is 1. The van der Waals surface area contributed by atoms with Crippen molar-refractivity contribution in [2.75, 3.05) is 53.4 Å². The summed E-state index contributed by atoms with van der Waals surface area (Å²) in [7, 11) is 3.66. The minimum atomic E-state index is -0.466. The summed E-state index contributed by atoms with van der Waals surface area (Å²) in [6.07, 6.45) is 5.93. The summed E-state index contributed by atoms with van der Waals surface area (Å²) in [5, 5.41) is 3.49. The number of halogens is 1. The lowest BCUT2D eigenvalue weighted by Gasteiger charge is -2.30. The van der Waals surface area contributed by atoms with Crippen molar-refractivity contribution in [2.24, 2.45) is 10.9 Å². The van der Waals surface area contributed by atoms with Gasteiger partial charge in [0, 0.05) is 46.3 Å². The zero-order chi connectivity index (χ0) is 21.4. The fourth-order valence-electron chi connectivity index (χ4n) is 4.11. The highest BCUT2D eigenvalue weighted by Gasteiger charge is 2.27. The molecule has 2 unspecified atom stereocenters. The summed E-state index contributed by atoms with van der Waals surface area (Å²) < 4.78 is 5.46. The van der Waals surface area contributed by atoms with Gasteiger partial charge in [-0.1, -0.05) is 6.42 Å². The number of likely N-dealkylation sites (tertiary alicyclic amines) is 2. The first-order chi connectivity index (χ1) is 13.7. The summed E-state index contributed by atoms with van der Waals surface area (Å²) in [6.45, 7) is 14.4. The number of hydrogen-bond acceptors (Lipinski definition) is 4. The summed E-state index contributed by atoms with van der Waals surface area (Å²) >= 11 is 0. The number of nitrogens with zero attached hydrogens (tertiary/aromatic N) is 4. The predicted molar refractivity (Wildman–Crippen MR) is 135 cm³/mol. The van der Waals surface area contributed by atoms with Gasteiger partial charge in [-0.05, 0) is 72.4 Å². The second kappa shape index (κ2) is 12.9. The number of ether oxygens (including phenoxy) is 1. The van der Waals surface area contributed by atoms with E-state index in [1.165, 1.54) is 45.3 Å². The summed E-state index contributed by atoms with van der Waals surface area (Å²) in [6, 6.07) is 0.0980. The molecular formula is C22H44IN5O2. The lowest BCUT2D eigenvalue weighted by molar-refractivity contribution is 0.0230. The molecule has 2 aliphatic heterocycles. The predicted octanol–water partition coefficient (Wildman–Crippen LogP) is 3.63. The molecule has 2 saturated heterocycles. The molecule has 2 rings (SSSR count). The first-order valence-electron chi connectivity index (χ1n) is 11.3. The van der Waals surface area contributed by atoms with Crippen molar-refractivity contribution in [3.63, 3.8) is 0 Å². The first-order valence-corrected chi connectivity index (χ1v) is 11.3. The van der Waals surface area contributed by atoms with Gasteiger partial charge < -0.3 is 24.8 Å². The highest BCUT2D eigenvalue weighted by Crippen LogP contribution is 2.20. The molecule has 7 nitrogen and oxygen atoms in total. The molecule has 0 aromatic heterocycles. The molecule has 2 heterocycles. The second-order valence-electron chi connectivity index (χ2n) is 9.66. The highest BCUT2D eigenvalue weighted by atomic mass is 127. The largest absolute Gasteiger partial charge is 0.444 e. The SMILES string of the molecule is CN=C(NCCC(C)N(C)C(=O)OC(C)(C)C)N1CCC(CN2CCCCC2)C1.I. The number of aliphatic imine (C=N–C) groups is 1. The summed E-state index contributed by atoms with van der Waals surface area (Å²) in [5.41, 5.74) is -0.466. The van der Waals surface area contributed by atoms with Gasteiger partial charge in [0.05, 0.1) is 0 Å². The maximum atomic E-state index is 12.2. The number of carbonyl (C=O) groups is 1. The molecule has 2 fully saturated rings. The fourth-order valence-corrected chi connectivity index (χ4v) is 4.11. The molecule has 0 saturated carbocycles. The Labute approximate surface area is 201 Å². The number of rotatable bonds is 6. The van der Waals surface area contributed by atoms with E-state index in [0.29, 0.717) is 0 Å². The summed E-state index contributed by atoms with van der Waals surface area (Å²) in [4.78, 5) is 23.4. The van der Waals surface area contributed by atoms with E-state index in [0.717, 1.165) is 37.9 Å². The standard InChI is InChI=1S/C22H43N5O2.HI/c1-18(25(6)21(28)29-22(2,3)4)10-12-24-20(23-5)27-15-11-19(17-27)16-26-13-8-7-9-14-26;/h18-19H,7-17H2,1-6H3,(H,23,24);1H. The lowest BCUT2D eigenvalue weighted by Crippen LogP contribution is -2.44. The van der Waals surface area contributed by atoms with Crippen molar-refractivity contribution in [1.29, 1.82) is 0 Å². The topological polar surface area (TPSA) is 60.4 Å². The fraction of sp³-hybridized carbons (Fsp3) is 0.909. The van der Waals surface area contributed by atoms with Crippen LogP contribution in [-0.2, 0) is 4.74 Å². The van der Waals surface area contributed by atoms with Crippen LogP contribution in [0, 0.1) is 5.92 Å². The second-order valence-corrected chi connectivity index (χ2v) is 9.66. The molecule has 2 aliphatic rings. The Bertz CT molecular complexity index is 546. The molecule has 0 radical (unpaired) electrons. The highest BCUT2D eigenvalue weighted by molar-refractivity contribution is 14.0. The van der Waals surface area contributed by atoms with E-state index >= 15 is 0 Å². The van der Waals surface area contributed by atoms with E-state index in [9.17, 15) is 4.79 Å². The van der Waals surface area contributed by atoms with Crippen LogP contribution in [0.25, 0.3) is 0 Å². The number of piperidine rings is 1. The minimum absolute atomic E-state index is 0. The van der Waals surface area contributed by atoms with Crippen molar-refractivity contribution in [2.45, 2.75) is 71.4 Å². The Hall–Kier alpha value is -0.770. The van der Waals surface area contributed by atoms with Crippen molar-refractivity contribution in [3.8, 4) is 0 Å². The Kier molecular flexibility index (Phi) is 11.8. The van der Waals surface area contributed by atoms with E-state index < -0.39 is 5.60 Å². The van der Waals surface area contributed by atoms with Crippen LogP contribution in [0.5, 0.6) is 0 Å². The Balaban J connectivity index is 0.00000450. The zero-order valence-electron chi connectivity index (χ0n) is 19.9. The molecule has 176 valence electrons. The minimum Gasteiger partial charge on any atom is -0.444 e.